The van der Waals surface area contributed by atoms with Crippen LogP contribution in [0.3, 0.4) is 0 Å². The quantitative estimate of drug-likeness (QED) is 0.371. The number of allylic oxidation sites excluding steroid dienone is 2. The lowest BCUT2D eigenvalue weighted by Gasteiger charge is -2.56. The van der Waals surface area contributed by atoms with Crippen LogP contribution in [-0.4, -0.2) is 24.6 Å². The molecule has 6 atom stereocenters. The minimum Gasteiger partial charge on any atom is -0.377 e. The summed E-state index contributed by atoms with van der Waals surface area (Å²) in [5.74, 6) is 5.90. The molecule has 4 aliphatic carbocycles. The van der Waals surface area contributed by atoms with E-state index in [0.29, 0.717) is 35.9 Å². The van der Waals surface area contributed by atoms with Gasteiger partial charge in [0.1, 0.15) is 13.7 Å². The largest absolute Gasteiger partial charge is 0.377 e. The van der Waals surface area contributed by atoms with Crippen molar-refractivity contribution in [3.63, 3.8) is 0 Å². The summed E-state index contributed by atoms with van der Waals surface area (Å²) < 4.78 is 0. The van der Waals surface area contributed by atoms with Gasteiger partial charge in [0.2, 0.25) is 0 Å². The lowest BCUT2D eigenvalue weighted by molar-refractivity contribution is -0.116. The highest BCUT2D eigenvalue weighted by atomic mass is 28.3. The maximum absolute atomic E-state index is 11.9. The molecule has 0 spiro atoms. The van der Waals surface area contributed by atoms with Crippen LogP contribution in [0.2, 0.25) is 19.6 Å². The Hall–Kier alpha value is -1.11. The van der Waals surface area contributed by atoms with E-state index in [2.05, 4.69) is 44.6 Å². The van der Waals surface area contributed by atoms with Crippen molar-refractivity contribution in [3.8, 4) is 11.5 Å². The summed E-state index contributed by atoms with van der Waals surface area (Å²) in [6.45, 7) is 13.6. The average Bonchev–Trinajstić information content (AvgIpc) is 2.92. The molecule has 0 aromatic rings. The molecular weight excluding hydrogens is 360 g/mol. The monoisotopic (exact) mass is 396 g/mol. The molecule has 0 aliphatic heterocycles. The van der Waals surface area contributed by atoms with E-state index in [1.807, 2.05) is 6.08 Å². The van der Waals surface area contributed by atoms with Crippen LogP contribution >= 0.6 is 0 Å². The lowest BCUT2D eigenvalue weighted by atomic mass is 9.48. The van der Waals surface area contributed by atoms with Crippen LogP contribution in [0.15, 0.2) is 23.8 Å². The molecule has 3 fully saturated rings. The Labute approximate surface area is 171 Å². The van der Waals surface area contributed by atoms with Gasteiger partial charge in [0.05, 0.1) is 0 Å². The molecule has 1 N–H and O–H groups in total. The van der Waals surface area contributed by atoms with Gasteiger partial charge >= 0.3 is 0 Å². The first kappa shape index (κ1) is 20.2. The van der Waals surface area contributed by atoms with Crippen molar-refractivity contribution in [2.75, 3.05) is 0 Å². The molecule has 4 rings (SSSR count). The zero-order chi connectivity index (χ0) is 20.3. The van der Waals surface area contributed by atoms with Crippen molar-refractivity contribution in [2.45, 2.75) is 83.5 Å². The Bertz CT molecular complexity index is 792. The second kappa shape index (κ2) is 6.71. The van der Waals surface area contributed by atoms with Crippen molar-refractivity contribution in [3.05, 3.63) is 23.8 Å². The molecule has 0 aromatic carbocycles. The zero-order valence-electron chi connectivity index (χ0n) is 18.1. The van der Waals surface area contributed by atoms with Gasteiger partial charge in [-0.2, -0.15) is 0 Å². The van der Waals surface area contributed by atoms with E-state index < -0.39 is 13.7 Å². The molecule has 0 radical (unpaired) electrons. The van der Waals surface area contributed by atoms with Gasteiger partial charge in [0, 0.05) is 11.8 Å². The maximum Gasteiger partial charge on any atom is 0.155 e. The van der Waals surface area contributed by atoms with Crippen molar-refractivity contribution in [2.24, 2.45) is 29.1 Å². The van der Waals surface area contributed by atoms with Gasteiger partial charge in [0.25, 0.3) is 0 Å². The van der Waals surface area contributed by atoms with E-state index in [0.717, 1.165) is 44.9 Å². The third-order valence-electron chi connectivity index (χ3n) is 8.34. The van der Waals surface area contributed by atoms with Crippen molar-refractivity contribution in [1.82, 2.24) is 0 Å². The van der Waals surface area contributed by atoms with Crippen LogP contribution in [0.1, 0.15) is 58.3 Å². The molecular formula is C25H36O2Si. The predicted molar refractivity (Wildman–Crippen MR) is 117 cm³/mol. The Kier molecular flexibility index (Phi) is 4.83. The summed E-state index contributed by atoms with van der Waals surface area (Å²) in [4.78, 5) is 11.9. The molecule has 3 saturated carbocycles. The van der Waals surface area contributed by atoms with Crippen LogP contribution in [0.4, 0.5) is 0 Å². The van der Waals surface area contributed by atoms with E-state index in [4.69, 9.17) is 0 Å². The summed E-state index contributed by atoms with van der Waals surface area (Å²) in [5, 5.41) is 11.8. The fourth-order valence-corrected chi connectivity index (χ4v) is 7.75. The van der Waals surface area contributed by atoms with E-state index in [-0.39, 0.29) is 5.41 Å². The highest BCUT2D eigenvalue weighted by molar-refractivity contribution is 6.83. The van der Waals surface area contributed by atoms with Crippen LogP contribution in [0.25, 0.3) is 0 Å². The van der Waals surface area contributed by atoms with E-state index in [1.165, 1.54) is 11.1 Å². The number of fused-ring (bicyclic) bond motifs is 5. The fraction of sp³-hybridized carbons (Fsp3) is 0.720. The first-order chi connectivity index (χ1) is 13.1. The second-order valence-electron chi connectivity index (χ2n) is 10.9. The molecule has 3 heteroatoms. The average molecular weight is 397 g/mol. The van der Waals surface area contributed by atoms with Crippen molar-refractivity contribution >= 4 is 13.9 Å². The molecule has 28 heavy (non-hydrogen) atoms. The van der Waals surface area contributed by atoms with Crippen LogP contribution in [0.5, 0.6) is 0 Å². The molecule has 152 valence electrons. The first-order valence-electron chi connectivity index (χ1n) is 11.3. The number of aliphatic hydroxyl groups is 1. The van der Waals surface area contributed by atoms with Gasteiger partial charge in [-0.1, -0.05) is 50.2 Å². The number of hydrogen-bond donors (Lipinski definition) is 1. The Balaban J connectivity index is 1.71. The molecule has 0 amide bonds. The van der Waals surface area contributed by atoms with Crippen molar-refractivity contribution in [1.29, 1.82) is 0 Å². The van der Waals surface area contributed by atoms with Crippen LogP contribution in [0, 0.1) is 40.6 Å². The molecule has 0 heterocycles. The normalized spacial score (nSPS) is 42.7. The third kappa shape index (κ3) is 2.99. The van der Waals surface area contributed by atoms with E-state index in [1.54, 1.807) is 0 Å². The molecule has 2 nitrogen and oxygen atoms in total. The number of ketones is 1. The highest BCUT2D eigenvalue weighted by Gasteiger charge is 2.64. The van der Waals surface area contributed by atoms with Gasteiger partial charge in [0.15, 0.2) is 5.78 Å². The smallest absolute Gasteiger partial charge is 0.155 e. The molecule has 0 bridgehead atoms. The minimum atomic E-state index is -1.54. The number of rotatable bonds is 1. The Morgan fingerprint density at radius 1 is 1.25 bits per heavy atom. The number of carbonyl (C=O) groups is 1. The Morgan fingerprint density at radius 2 is 2.00 bits per heavy atom. The number of carbonyl (C=O) groups excluding carboxylic acids is 1. The summed E-state index contributed by atoms with van der Waals surface area (Å²) in [6.07, 6.45) is 9.62. The van der Waals surface area contributed by atoms with Gasteiger partial charge in [-0.3, -0.25) is 4.79 Å². The lowest BCUT2D eigenvalue weighted by Crippen LogP contribution is -2.54. The van der Waals surface area contributed by atoms with Crippen LogP contribution < -0.4 is 0 Å². The van der Waals surface area contributed by atoms with Crippen LogP contribution in [-0.2, 0) is 4.79 Å². The van der Waals surface area contributed by atoms with Gasteiger partial charge in [-0.05, 0) is 74.7 Å². The topological polar surface area (TPSA) is 37.3 Å². The Morgan fingerprint density at radius 3 is 2.68 bits per heavy atom. The predicted octanol–water partition coefficient (Wildman–Crippen LogP) is 5.30. The molecule has 0 aromatic heterocycles. The number of hydrogen-bond acceptors (Lipinski definition) is 2. The summed E-state index contributed by atoms with van der Waals surface area (Å²) in [7, 11) is -1.54. The summed E-state index contributed by atoms with van der Waals surface area (Å²) in [5.41, 5.74) is 5.21. The summed E-state index contributed by atoms with van der Waals surface area (Å²) in [6, 6.07) is 0. The van der Waals surface area contributed by atoms with Gasteiger partial charge in [-0.25, -0.2) is 0 Å². The van der Waals surface area contributed by atoms with E-state index >= 15 is 0 Å². The van der Waals surface area contributed by atoms with Gasteiger partial charge < -0.3 is 5.11 Å². The molecule has 0 saturated heterocycles. The SMILES string of the molecule is C=C1C[C@@]2(CC)C(CC[C@@]2(O)C#C[Si](C)(C)C)C2CCC3=CC(=O)CCC3C12. The van der Waals surface area contributed by atoms with Gasteiger partial charge in [-0.15, -0.1) is 5.54 Å². The first-order valence-corrected chi connectivity index (χ1v) is 14.8. The molecule has 4 unspecified atom stereocenters. The standard InChI is InChI=1S/C25H36O2Si/c1-6-24-16-17(2)23-20-10-8-19(26)15-18(20)7-9-21(23)22(24)11-12-25(24,27)13-14-28(3,4)5/h15,20-23,27H,2,6-12,16H2,1,3-5H3/t20?,21?,22?,23?,24-,25+/m0/s1. The van der Waals surface area contributed by atoms with Crippen molar-refractivity contribution < 1.29 is 9.90 Å². The third-order valence-corrected chi connectivity index (χ3v) is 9.22. The minimum absolute atomic E-state index is 0.135. The van der Waals surface area contributed by atoms with E-state index in [9.17, 15) is 9.90 Å². The molecule has 4 aliphatic rings. The summed E-state index contributed by atoms with van der Waals surface area (Å²) >= 11 is 0. The maximum atomic E-state index is 11.9. The zero-order valence-corrected chi connectivity index (χ0v) is 19.1. The second-order valence-corrected chi connectivity index (χ2v) is 15.7. The fourth-order valence-electron chi connectivity index (χ4n) is 7.16. The highest BCUT2D eigenvalue weighted by Crippen LogP contribution is 2.67.